The molecule has 114 valence electrons. The predicted octanol–water partition coefficient (Wildman–Crippen LogP) is 2.70. The lowest BCUT2D eigenvalue weighted by atomic mass is 9.92. The molecule has 0 bridgehead atoms. The zero-order valence-electron chi connectivity index (χ0n) is 12.0. The average molecular weight is 293 g/mol. The van der Waals surface area contributed by atoms with Crippen molar-refractivity contribution in [2.24, 2.45) is 5.92 Å². The third-order valence-corrected chi connectivity index (χ3v) is 3.90. The van der Waals surface area contributed by atoms with Gasteiger partial charge in [0, 0.05) is 19.2 Å². The van der Waals surface area contributed by atoms with Crippen LogP contribution < -0.4 is 4.90 Å². The molecule has 0 amide bonds. The summed E-state index contributed by atoms with van der Waals surface area (Å²) in [6, 6.07) is 1.09. The number of aromatic carboxylic acids is 1. The zero-order valence-corrected chi connectivity index (χ0v) is 12.0. The van der Waals surface area contributed by atoms with E-state index in [-0.39, 0.29) is 11.3 Å². The molecule has 0 aromatic carbocycles. The summed E-state index contributed by atoms with van der Waals surface area (Å²) in [5.74, 6) is -0.169. The molecular weight excluding hydrogens is 274 g/mol. The lowest BCUT2D eigenvalue weighted by Gasteiger charge is -2.33. The summed E-state index contributed by atoms with van der Waals surface area (Å²) in [5, 5.41) is 20.0. The Morgan fingerprint density at radius 3 is 2.71 bits per heavy atom. The fourth-order valence-corrected chi connectivity index (χ4v) is 2.80. The van der Waals surface area contributed by atoms with Gasteiger partial charge in [-0.25, -0.2) is 9.78 Å². The number of nitrogens with zero attached hydrogens (tertiary/aromatic N) is 3. The number of piperidine rings is 1. The lowest BCUT2D eigenvalue weighted by molar-refractivity contribution is -0.385. The lowest BCUT2D eigenvalue weighted by Crippen LogP contribution is -2.35. The SMILES string of the molecule is CCCC1CCN(c2ncc([N+](=O)[O-])cc2C(=O)O)CC1. The van der Waals surface area contributed by atoms with Gasteiger partial charge in [0.2, 0.25) is 0 Å². The van der Waals surface area contributed by atoms with E-state index in [4.69, 9.17) is 0 Å². The summed E-state index contributed by atoms with van der Waals surface area (Å²) in [4.78, 5) is 27.4. The monoisotopic (exact) mass is 293 g/mol. The number of carboxylic acid groups (broad SMARTS) is 1. The highest BCUT2D eigenvalue weighted by atomic mass is 16.6. The van der Waals surface area contributed by atoms with Crippen molar-refractivity contribution < 1.29 is 14.8 Å². The van der Waals surface area contributed by atoms with E-state index in [2.05, 4.69) is 11.9 Å². The Kier molecular flexibility index (Phi) is 4.72. The van der Waals surface area contributed by atoms with Crippen LogP contribution in [0.5, 0.6) is 0 Å². The summed E-state index contributed by atoms with van der Waals surface area (Å²) < 4.78 is 0. The van der Waals surface area contributed by atoms with Crippen molar-refractivity contribution in [3.63, 3.8) is 0 Å². The van der Waals surface area contributed by atoms with Gasteiger partial charge in [0.1, 0.15) is 17.6 Å². The summed E-state index contributed by atoms with van der Waals surface area (Å²) in [6.45, 7) is 3.65. The second-order valence-electron chi connectivity index (χ2n) is 5.35. The highest BCUT2D eigenvalue weighted by Crippen LogP contribution is 2.28. The van der Waals surface area contributed by atoms with E-state index >= 15 is 0 Å². The Balaban J connectivity index is 2.20. The topological polar surface area (TPSA) is 96.6 Å². The predicted molar refractivity (Wildman–Crippen MR) is 77.7 cm³/mol. The fraction of sp³-hybridized carbons (Fsp3) is 0.571. The number of anilines is 1. The van der Waals surface area contributed by atoms with Crippen LogP contribution in [0.15, 0.2) is 12.3 Å². The first-order chi connectivity index (χ1) is 10.0. The largest absolute Gasteiger partial charge is 0.478 e. The molecule has 1 aliphatic heterocycles. The highest BCUT2D eigenvalue weighted by molar-refractivity contribution is 5.94. The van der Waals surface area contributed by atoms with E-state index in [0.29, 0.717) is 11.7 Å². The molecule has 2 rings (SSSR count). The first-order valence-corrected chi connectivity index (χ1v) is 7.15. The van der Waals surface area contributed by atoms with Gasteiger partial charge >= 0.3 is 5.97 Å². The number of aromatic nitrogens is 1. The molecule has 7 nitrogen and oxygen atoms in total. The molecule has 2 heterocycles. The van der Waals surface area contributed by atoms with Crippen molar-refractivity contribution in [3.8, 4) is 0 Å². The van der Waals surface area contributed by atoms with Gasteiger partial charge in [-0.2, -0.15) is 0 Å². The summed E-state index contributed by atoms with van der Waals surface area (Å²) in [5.41, 5.74) is -0.393. The Bertz CT molecular complexity index is 539. The molecule has 0 aliphatic carbocycles. The van der Waals surface area contributed by atoms with Gasteiger partial charge in [0.25, 0.3) is 5.69 Å². The number of nitro groups is 1. The molecule has 21 heavy (non-hydrogen) atoms. The maximum absolute atomic E-state index is 11.3. The minimum absolute atomic E-state index is 0.0989. The quantitative estimate of drug-likeness (QED) is 0.662. The van der Waals surface area contributed by atoms with Crippen LogP contribution in [0, 0.1) is 16.0 Å². The summed E-state index contributed by atoms with van der Waals surface area (Å²) in [6.07, 6.45) is 5.48. The van der Waals surface area contributed by atoms with Gasteiger partial charge in [-0.1, -0.05) is 19.8 Å². The van der Waals surface area contributed by atoms with Crippen LogP contribution in [0.3, 0.4) is 0 Å². The molecule has 1 N–H and O–H groups in total. The van der Waals surface area contributed by atoms with Crippen LogP contribution in [0.25, 0.3) is 0 Å². The molecular formula is C14H19N3O4. The molecule has 1 saturated heterocycles. The normalized spacial score (nSPS) is 16.0. The number of carbonyl (C=O) groups is 1. The molecule has 1 aromatic heterocycles. The van der Waals surface area contributed by atoms with Gasteiger partial charge in [0.15, 0.2) is 0 Å². The standard InChI is InChI=1S/C14H19N3O4/c1-2-3-10-4-6-16(7-5-10)13-12(14(18)19)8-11(9-15-13)17(20)21/h8-10H,2-7H2,1H3,(H,18,19). The Morgan fingerprint density at radius 2 is 2.19 bits per heavy atom. The highest BCUT2D eigenvalue weighted by Gasteiger charge is 2.25. The molecule has 0 unspecified atom stereocenters. The minimum Gasteiger partial charge on any atom is -0.478 e. The van der Waals surface area contributed by atoms with Crippen LogP contribution in [-0.2, 0) is 0 Å². The average Bonchev–Trinajstić information content (AvgIpc) is 2.47. The summed E-state index contributed by atoms with van der Waals surface area (Å²) in [7, 11) is 0. The Morgan fingerprint density at radius 1 is 1.52 bits per heavy atom. The molecule has 0 spiro atoms. The van der Waals surface area contributed by atoms with Crippen molar-refractivity contribution >= 4 is 17.5 Å². The molecule has 0 saturated carbocycles. The number of rotatable bonds is 5. The van der Waals surface area contributed by atoms with E-state index in [9.17, 15) is 20.0 Å². The van der Waals surface area contributed by atoms with Crippen LogP contribution in [0.2, 0.25) is 0 Å². The van der Waals surface area contributed by atoms with Gasteiger partial charge in [-0.05, 0) is 18.8 Å². The van der Waals surface area contributed by atoms with Crippen molar-refractivity contribution in [1.82, 2.24) is 4.98 Å². The van der Waals surface area contributed by atoms with Crippen molar-refractivity contribution in [2.45, 2.75) is 32.6 Å². The molecule has 1 fully saturated rings. The third-order valence-electron chi connectivity index (χ3n) is 3.90. The van der Waals surface area contributed by atoms with Crippen molar-refractivity contribution in [3.05, 3.63) is 27.9 Å². The smallest absolute Gasteiger partial charge is 0.339 e. The number of hydrogen-bond acceptors (Lipinski definition) is 5. The second-order valence-corrected chi connectivity index (χ2v) is 5.35. The van der Waals surface area contributed by atoms with Crippen LogP contribution in [-0.4, -0.2) is 34.1 Å². The van der Waals surface area contributed by atoms with Crippen molar-refractivity contribution in [2.75, 3.05) is 18.0 Å². The number of carboxylic acids is 1. The second kappa shape index (κ2) is 6.51. The van der Waals surface area contributed by atoms with Crippen LogP contribution in [0.4, 0.5) is 11.5 Å². The van der Waals surface area contributed by atoms with Gasteiger partial charge in [-0.15, -0.1) is 0 Å². The van der Waals surface area contributed by atoms with E-state index < -0.39 is 10.9 Å². The van der Waals surface area contributed by atoms with E-state index in [0.717, 1.165) is 44.6 Å². The molecule has 0 atom stereocenters. The minimum atomic E-state index is -1.18. The first-order valence-electron chi connectivity index (χ1n) is 7.15. The summed E-state index contributed by atoms with van der Waals surface area (Å²) >= 11 is 0. The molecule has 0 radical (unpaired) electrons. The zero-order chi connectivity index (χ0) is 15.4. The van der Waals surface area contributed by atoms with Crippen molar-refractivity contribution in [1.29, 1.82) is 0 Å². The molecule has 7 heteroatoms. The Labute approximate surface area is 122 Å². The van der Waals surface area contributed by atoms with Gasteiger partial charge in [0.05, 0.1) is 4.92 Å². The number of hydrogen-bond donors (Lipinski definition) is 1. The van der Waals surface area contributed by atoms with E-state index in [1.165, 1.54) is 6.42 Å². The maximum Gasteiger partial charge on any atom is 0.339 e. The van der Waals surface area contributed by atoms with Gasteiger partial charge < -0.3 is 10.0 Å². The van der Waals surface area contributed by atoms with Crippen LogP contribution >= 0.6 is 0 Å². The number of pyridine rings is 1. The van der Waals surface area contributed by atoms with Crippen LogP contribution in [0.1, 0.15) is 43.0 Å². The van der Waals surface area contributed by atoms with Gasteiger partial charge in [-0.3, -0.25) is 10.1 Å². The third kappa shape index (κ3) is 3.48. The molecule has 1 aromatic rings. The fourth-order valence-electron chi connectivity index (χ4n) is 2.80. The van der Waals surface area contributed by atoms with E-state index in [1.54, 1.807) is 0 Å². The Hall–Kier alpha value is -2.18. The molecule has 1 aliphatic rings. The maximum atomic E-state index is 11.3. The first kappa shape index (κ1) is 15.2. The van der Waals surface area contributed by atoms with E-state index in [1.807, 2.05) is 4.90 Å².